The van der Waals surface area contributed by atoms with Crippen LogP contribution in [0.15, 0.2) is 12.4 Å². The Bertz CT molecular complexity index is 307. The molecule has 0 atom stereocenters. The van der Waals surface area contributed by atoms with Gasteiger partial charge in [-0.15, -0.1) is 0 Å². The minimum Gasteiger partial charge on any atom is -0.382 e. The highest BCUT2D eigenvalue weighted by molar-refractivity contribution is 4.94. The Labute approximate surface area is 97.0 Å². The molecule has 0 bridgehead atoms. The van der Waals surface area contributed by atoms with Gasteiger partial charge < -0.3 is 14.6 Å². The lowest BCUT2D eigenvalue weighted by Crippen LogP contribution is -2.19. The summed E-state index contributed by atoms with van der Waals surface area (Å²) < 4.78 is 7.55. The molecule has 1 heterocycles. The molecular formula is C12H21N3O. The number of nitrogens with one attached hydrogen (secondary N) is 1. The van der Waals surface area contributed by atoms with Crippen molar-refractivity contribution in [3.8, 4) is 0 Å². The van der Waals surface area contributed by atoms with Crippen molar-refractivity contribution in [2.45, 2.75) is 45.3 Å². The first-order valence-electron chi connectivity index (χ1n) is 6.21. The first-order valence-corrected chi connectivity index (χ1v) is 6.21. The lowest BCUT2D eigenvalue weighted by Gasteiger charge is -2.08. The Morgan fingerprint density at radius 2 is 2.44 bits per heavy atom. The zero-order valence-electron chi connectivity index (χ0n) is 9.98. The van der Waals surface area contributed by atoms with Crippen LogP contribution < -0.4 is 5.32 Å². The summed E-state index contributed by atoms with van der Waals surface area (Å²) in [6, 6.07) is 0.744. The van der Waals surface area contributed by atoms with E-state index < -0.39 is 0 Å². The lowest BCUT2D eigenvalue weighted by atomic mass is 10.4. The van der Waals surface area contributed by atoms with Gasteiger partial charge in [0.15, 0.2) is 0 Å². The van der Waals surface area contributed by atoms with E-state index in [-0.39, 0.29) is 0 Å². The second-order valence-electron chi connectivity index (χ2n) is 4.24. The van der Waals surface area contributed by atoms with E-state index in [0.717, 1.165) is 44.6 Å². The van der Waals surface area contributed by atoms with E-state index >= 15 is 0 Å². The summed E-state index contributed by atoms with van der Waals surface area (Å²) in [7, 11) is 0. The van der Waals surface area contributed by atoms with Gasteiger partial charge in [-0.3, -0.25) is 0 Å². The van der Waals surface area contributed by atoms with E-state index in [1.165, 1.54) is 12.8 Å². The Balaban J connectivity index is 1.71. The molecule has 1 aliphatic carbocycles. The quantitative estimate of drug-likeness (QED) is 0.680. The van der Waals surface area contributed by atoms with Crippen molar-refractivity contribution in [3.63, 3.8) is 0 Å². The molecule has 0 saturated heterocycles. The molecule has 0 aromatic carbocycles. The van der Waals surface area contributed by atoms with Crippen LogP contribution in [0.1, 0.15) is 32.0 Å². The van der Waals surface area contributed by atoms with Crippen LogP contribution in [-0.2, 0) is 17.8 Å². The van der Waals surface area contributed by atoms with Crippen LogP contribution in [0.5, 0.6) is 0 Å². The van der Waals surface area contributed by atoms with Crippen molar-refractivity contribution in [1.29, 1.82) is 0 Å². The highest BCUT2D eigenvalue weighted by atomic mass is 16.5. The van der Waals surface area contributed by atoms with E-state index in [1.807, 2.05) is 13.1 Å². The molecule has 0 aliphatic heterocycles. The highest BCUT2D eigenvalue weighted by Crippen LogP contribution is 2.19. The number of aryl methyl sites for hydroxylation is 1. The molecule has 1 aromatic rings. The molecule has 4 heteroatoms. The van der Waals surface area contributed by atoms with Gasteiger partial charge in [0, 0.05) is 38.2 Å². The van der Waals surface area contributed by atoms with Crippen LogP contribution >= 0.6 is 0 Å². The molecule has 0 radical (unpaired) electrons. The average molecular weight is 223 g/mol. The van der Waals surface area contributed by atoms with Gasteiger partial charge in [-0.1, -0.05) is 0 Å². The predicted octanol–water partition coefficient (Wildman–Crippen LogP) is 1.56. The fourth-order valence-electron chi connectivity index (χ4n) is 1.72. The molecule has 1 N–H and O–H groups in total. The molecule has 1 aliphatic rings. The molecule has 16 heavy (non-hydrogen) atoms. The van der Waals surface area contributed by atoms with Crippen molar-refractivity contribution in [2.75, 3.05) is 13.2 Å². The molecule has 2 rings (SSSR count). The van der Waals surface area contributed by atoms with Crippen LogP contribution in [0.4, 0.5) is 0 Å². The van der Waals surface area contributed by atoms with Crippen LogP contribution in [0.3, 0.4) is 0 Å². The molecule has 0 unspecified atom stereocenters. The molecule has 0 spiro atoms. The van der Waals surface area contributed by atoms with Crippen molar-refractivity contribution in [3.05, 3.63) is 18.2 Å². The first kappa shape index (κ1) is 11.6. The Morgan fingerprint density at radius 1 is 1.56 bits per heavy atom. The van der Waals surface area contributed by atoms with Gasteiger partial charge in [0.1, 0.15) is 5.82 Å². The third-order valence-electron chi connectivity index (χ3n) is 2.82. The first-order chi connectivity index (χ1) is 7.90. The highest BCUT2D eigenvalue weighted by Gasteiger charge is 2.20. The molecule has 0 amide bonds. The smallest absolute Gasteiger partial charge is 0.122 e. The maximum absolute atomic E-state index is 5.33. The summed E-state index contributed by atoms with van der Waals surface area (Å²) >= 11 is 0. The Hall–Kier alpha value is -0.870. The third kappa shape index (κ3) is 3.61. The second kappa shape index (κ2) is 6.01. The Kier molecular flexibility index (Phi) is 4.36. The van der Waals surface area contributed by atoms with Gasteiger partial charge in [0.25, 0.3) is 0 Å². The standard InChI is InChI=1S/C12H21N3O/c1-2-16-9-3-7-15-8-6-13-12(15)10-14-11-4-5-11/h6,8,11,14H,2-5,7,9-10H2,1H3. The largest absolute Gasteiger partial charge is 0.382 e. The van der Waals surface area contributed by atoms with Crippen molar-refractivity contribution < 1.29 is 4.74 Å². The van der Waals surface area contributed by atoms with Crippen LogP contribution in [0.2, 0.25) is 0 Å². The van der Waals surface area contributed by atoms with Crippen LogP contribution in [0, 0.1) is 0 Å². The number of hydrogen-bond donors (Lipinski definition) is 1. The topological polar surface area (TPSA) is 39.1 Å². The lowest BCUT2D eigenvalue weighted by molar-refractivity contribution is 0.141. The summed E-state index contributed by atoms with van der Waals surface area (Å²) in [4.78, 5) is 4.37. The van der Waals surface area contributed by atoms with Crippen molar-refractivity contribution >= 4 is 0 Å². The molecule has 1 aromatic heterocycles. The summed E-state index contributed by atoms with van der Waals surface area (Å²) in [6.45, 7) is 5.57. The number of nitrogens with zero attached hydrogens (tertiary/aromatic N) is 2. The molecule has 90 valence electrons. The number of aromatic nitrogens is 2. The monoisotopic (exact) mass is 223 g/mol. The van der Waals surface area contributed by atoms with Gasteiger partial charge in [-0.05, 0) is 26.2 Å². The maximum Gasteiger partial charge on any atom is 0.122 e. The van der Waals surface area contributed by atoms with Crippen molar-refractivity contribution in [2.24, 2.45) is 0 Å². The summed E-state index contributed by atoms with van der Waals surface area (Å²) in [5.74, 6) is 1.14. The zero-order valence-corrected chi connectivity index (χ0v) is 9.98. The summed E-state index contributed by atoms with van der Waals surface area (Å²) in [5.41, 5.74) is 0. The number of ether oxygens (including phenoxy) is 1. The minimum atomic E-state index is 0.744. The van der Waals surface area contributed by atoms with Gasteiger partial charge in [0.05, 0.1) is 6.54 Å². The summed E-state index contributed by atoms with van der Waals surface area (Å²) in [6.07, 6.45) is 7.64. The molecule has 4 nitrogen and oxygen atoms in total. The van der Waals surface area contributed by atoms with Gasteiger partial charge >= 0.3 is 0 Å². The fourth-order valence-corrected chi connectivity index (χ4v) is 1.72. The number of imidazole rings is 1. The molecule has 1 saturated carbocycles. The Morgan fingerprint density at radius 3 is 3.19 bits per heavy atom. The average Bonchev–Trinajstić information content (AvgIpc) is 3.02. The number of rotatable bonds is 8. The normalized spacial score (nSPS) is 15.6. The van der Waals surface area contributed by atoms with E-state index in [4.69, 9.17) is 4.74 Å². The zero-order chi connectivity index (χ0) is 11.2. The number of hydrogen-bond acceptors (Lipinski definition) is 3. The van der Waals surface area contributed by atoms with E-state index in [2.05, 4.69) is 21.1 Å². The molecular weight excluding hydrogens is 202 g/mol. The van der Waals surface area contributed by atoms with Crippen LogP contribution in [-0.4, -0.2) is 28.8 Å². The summed E-state index contributed by atoms with van der Waals surface area (Å²) in [5, 5.41) is 3.49. The van der Waals surface area contributed by atoms with Crippen molar-refractivity contribution in [1.82, 2.24) is 14.9 Å². The van der Waals surface area contributed by atoms with E-state index in [0.29, 0.717) is 0 Å². The van der Waals surface area contributed by atoms with Gasteiger partial charge in [-0.2, -0.15) is 0 Å². The SMILES string of the molecule is CCOCCCn1ccnc1CNC1CC1. The molecule has 1 fully saturated rings. The van der Waals surface area contributed by atoms with Gasteiger partial charge in [0.2, 0.25) is 0 Å². The fraction of sp³-hybridized carbons (Fsp3) is 0.750. The van der Waals surface area contributed by atoms with E-state index in [9.17, 15) is 0 Å². The predicted molar refractivity (Wildman–Crippen MR) is 63.2 cm³/mol. The minimum absolute atomic E-state index is 0.744. The van der Waals surface area contributed by atoms with E-state index in [1.54, 1.807) is 0 Å². The van der Waals surface area contributed by atoms with Crippen LogP contribution in [0.25, 0.3) is 0 Å². The maximum atomic E-state index is 5.33. The second-order valence-corrected chi connectivity index (χ2v) is 4.24. The van der Waals surface area contributed by atoms with Gasteiger partial charge in [-0.25, -0.2) is 4.98 Å². The third-order valence-corrected chi connectivity index (χ3v) is 2.82.